The summed E-state index contributed by atoms with van der Waals surface area (Å²) in [4.78, 5) is 31.5. The highest BCUT2D eigenvalue weighted by molar-refractivity contribution is 5.86. The van der Waals surface area contributed by atoms with Gasteiger partial charge in [0, 0.05) is 31.4 Å². The maximum Gasteiger partial charge on any atom is 0.329 e. The van der Waals surface area contributed by atoms with Crippen LogP contribution in [0.3, 0.4) is 0 Å². The average Bonchev–Trinajstić information content (AvgIpc) is 2.99. The zero-order chi connectivity index (χ0) is 13.9. The number of carboxylic acids is 1. The zero-order valence-electron chi connectivity index (χ0n) is 10.8. The van der Waals surface area contributed by atoms with Gasteiger partial charge in [0.05, 0.1) is 6.33 Å². The van der Waals surface area contributed by atoms with Crippen LogP contribution in [0.4, 0.5) is 4.79 Å². The molecule has 0 bridgehead atoms. The van der Waals surface area contributed by atoms with Crippen molar-refractivity contribution in [1.29, 1.82) is 0 Å². The molecule has 0 aliphatic carbocycles. The van der Waals surface area contributed by atoms with Gasteiger partial charge in [-0.05, 0) is 19.8 Å². The van der Waals surface area contributed by atoms with Gasteiger partial charge in [0.2, 0.25) is 0 Å². The summed E-state index contributed by atoms with van der Waals surface area (Å²) in [6, 6.07) is -0.318. The monoisotopic (exact) mass is 266 g/mol. The van der Waals surface area contributed by atoms with Gasteiger partial charge in [0.1, 0.15) is 5.54 Å². The number of carbonyl (C=O) groups is 2. The van der Waals surface area contributed by atoms with Crippen LogP contribution < -0.4 is 5.32 Å². The molecule has 1 fully saturated rings. The van der Waals surface area contributed by atoms with Gasteiger partial charge >= 0.3 is 12.0 Å². The lowest BCUT2D eigenvalue weighted by atomic mass is 10.00. The quantitative estimate of drug-likeness (QED) is 0.743. The number of carboxylic acid groups (broad SMARTS) is 1. The number of urea groups is 1. The second-order valence-corrected chi connectivity index (χ2v) is 4.89. The van der Waals surface area contributed by atoms with E-state index in [1.54, 1.807) is 19.4 Å². The molecule has 1 atom stereocenters. The van der Waals surface area contributed by atoms with Crippen LogP contribution in [-0.2, 0) is 11.2 Å². The topological polar surface area (TPSA) is 98.3 Å². The van der Waals surface area contributed by atoms with Gasteiger partial charge in [0.15, 0.2) is 0 Å². The third-order valence-corrected chi connectivity index (χ3v) is 3.57. The fourth-order valence-corrected chi connectivity index (χ4v) is 2.33. The molecule has 1 aromatic rings. The summed E-state index contributed by atoms with van der Waals surface area (Å²) in [5.41, 5.74) is -0.152. The molecule has 1 unspecified atom stereocenters. The SMILES string of the molecule is CC1(C(=O)O)CCCN1C(=O)NCCc1cnc[nH]1. The Labute approximate surface area is 111 Å². The highest BCUT2D eigenvalue weighted by atomic mass is 16.4. The van der Waals surface area contributed by atoms with Crippen molar-refractivity contribution >= 4 is 12.0 Å². The first kappa shape index (κ1) is 13.4. The predicted molar refractivity (Wildman–Crippen MR) is 67.7 cm³/mol. The first-order chi connectivity index (χ1) is 9.04. The number of aliphatic carboxylic acids is 1. The molecule has 1 saturated heterocycles. The van der Waals surface area contributed by atoms with Crippen LogP contribution in [0, 0.1) is 0 Å². The number of amides is 2. The number of carbonyl (C=O) groups excluding carboxylic acids is 1. The molecule has 3 N–H and O–H groups in total. The lowest BCUT2D eigenvalue weighted by Gasteiger charge is -2.31. The van der Waals surface area contributed by atoms with E-state index >= 15 is 0 Å². The van der Waals surface area contributed by atoms with Crippen molar-refractivity contribution in [1.82, 2.24) is 20.2 Å². The molecule has 19 heavy (non-hydrogen) atoms. The molecule has 2 rings (SSSR count). The first-order valence-electron chi connectivity index (χ1n) is 6.30. The van der Waals surface area contributed by atoms with Crippen molar-refractivity contribution in [3.05, 3.63) is 18.2 Å². The summed E-state index contributed by atoms with van der Waals surface area (Å²) in [5, 5.41) is 12.0. The van der Waals surface area contributed by atoms with Crippen molar-refractivity contribution in [3.8, 4) is 0 Å². The Hall–Kier alpha value is -2.05. The molecule has 2 heterocycles. The largest absolute Gasteiger partial charge is 0.480 e. The highest BCUT2D eigenvalue weighted by Gasteiger charge is 2.45. The van der Waals surface area contributed by atoms with Gasteiger partial charge in [-0.2, -0.15) is 0 Å². The van der Waals surface area contributed by atoms with Gasteiger partial charge < -0.3 is 20.3 Å². The van der Waals surface area contributed by atoms with E-state index in [0.29, 0.717) is 25.9 Å². The number of imidazole rings is 1. The minimum Gasteiger partial charge on any atom is -0.480 e. The molecule has 2 amide bonds. The van der Waals surface area contributed by atoms with E-state index < -0.39 is 11.5 Å². The fourth-order valence-electron chi connectivity index (χ4n) is 2.33. The van der Waals surface area contributed by atoms with E-state index in [2.05, 4.69) is 15.3 Å². The van der Waals surface area contributed by atoms with Gasteiger partial charge in [-0.3, -0.25) is 0 Å². The van der Waals surface area contributed by atoms with E-state index in [9.17, 15) is 14.7 Å². The van der Waals surface area contributed by atoms with E-state index in [1.807, 2.05) is 0 Å². The molecular formula is C12H18N4O3. The van der Waals surface area contributed by atoms with Gasteiger partial charge in [-0.25, -0.2) is 14.6 Å². The summed E-state index contributed by atoms with van der Waals surface area (Å²) in [5.74, 6) is -0.950. The van der Waals surface area contributed by atoms with Gasteiger partial charge in [-0.15, -0.1) is 0 Å². The van der Waals surface area contributed by atoms with Crippen molar-refractivity contribution < 1.29 is 14.7 Å². The molecule has 0 spiro atoms. The molecule has 7 heteroatoms. The normalized spacial score (nSPS) is 22.5. The highest BCUT2D eigenvalue weighted by Crippen LogP contribution is 2.29. The third-order valence-electron chi connectivity index (χ3n) is 3.57. The number of H-pyrrole nitrogens is 1. The summed E-state index contributed by atoms with van der Waals surface area (Å²) in [6.07, 6.45) is 5.14. The Kier molecular flexibility index (Phi) is 3.73. The zero-order valence-corrected chi connectivity index (χ0v) is 10.8. The number of hydrogen-bond acceptors (Lipinski definition) is 3. The molecule has 7 nitrogen and oxygen atoms in total. The van der Waals surface area contributed by atoms with Crippen LogP contribution in [0.25, 0.3) is 0 Å². The Balaban J connectivity index is 1.87. The van der Waals surface area contributed by atoms with E-state index in [1.165, 1.54) is 4.90 Å². The van der Waals surface area contributed by atoms with Crippen molar-refractivity contribution in [2.24, 2.45) is 0 Å². The minimum absolute atomic E-state index is 0.318. The molecular weight excluding hydrogens is 248 g/mol. The van der Waals surface area contributed by atoms with Crippen molar-refractivity contribution in [2.75, 3.05) is 13.1 Å². The number of nitrogens with zero attached hydrogens (tertiary/aromatic N) is 2. The summed E-state index contributed by atoms with van der Waals surface area (Å²) < 4.78 is 0. The first-order valence-corrected chi connectivity index (χ1v) is 6.30. The van der Waals surface area contributed by atoms with Gasteiger partial charge in [0.25, 0.3) is 0 Å². The lowest BCUT2D eigenvalue weighted by Crippen LogP contribution is -2.54. The molecule has 1 aliphatic heterocycles. The van der Waals surface area contributed by atoms with Crippen LogP contribution in [0.2, 0.25) is 0 Å². The summed E-state index contributed by atoms with van der Waals surface area (Å²) in [7, 11) is 0. The molecule has 1 aromatic heterocycles. The fraction of sp³-hybridized carbons (Fsp3) is 0.583. The number of likely N-dealkylation sites (tertiary alicyclic amines) is 1. The second kappa shape index (κ2) is 5.29. The molecule has 0 aromatic carbocycles. The Bertz CT molecular complexity index is 460. The number of nitrogens with one attached hydrogen (secondary N) is 2. The van der Waals surface area contributed by atoms with Crippen LogP contribution in [0.15, 0.2) is 12.5 Å². The predicted octanol–water partition coefficient (Wildman–Crippen LogP) is 0.601. The third kappa shape index (κ3) is 2.69. The maximum absolute atomic E-state index is 12.0. The van der Waals surface area contributed by atoms with Crippen LogP contribution in [0.5, 0.6) is 0 Å². The van der Waals surface area contributed by atoms with Crippen LogP contribution in [0.1, 0.15) is 25.5 Å². The number of aromatic amines is 1. The van der Waals surface area contributed by atoms with E-state index in [4.69, 9.17) is 0 Å². The molecule has 0 radical (unpaired) electrons. The second-order valence-electron chi connectivity index (χ2n) is 4.89. The van der Waals surface area contributed by atoms with Crippen molar-refractivity contribution in [3.63, 3.8) is 0 Å². The Morgan fingerprint density at radius 1 is 1.63 bits per heavy atom. The maximum atomic E-state index is 12.0. The van der Waals surface area contributed by atoms with Crippen LogP contribution >= 0.6 is 0 Å². The van der Waals surface area contributed by atoms with Crippen LogP contribution in [-0.4, -0.2) is 50.6 Å². The molecule has 104 valence electrons. The van der Waals surface area contributed by atoms with Crippen molar-refractivity contribution in [2.45, 2.75) is 31.7 Å². The van der Waals surface area contributed by atoms with Gasteiger partial charge in [-0.1, -0.05) is 0 Å². The Morgan fingerprint density at radius 2 is 2.42 bits per heavy atom. The number of aromatic nitrogens is 2. The number of rotatable bonds is 4. The lowest BCUT2D eigenvalue weighted by molar-refractivity contribution is -0.147. The summed E-state index contributed by atoms with van der Waals surface area (Å²) >= 11 is 0. The standard InChI is InChI=1S/C12H18N4O3/c1-12(10(17)18)4-2-6-16(12)11(19)14-5-3-9-7-13-8-15-9/h7-8H,2-6H2,1H3,(H,13,15)(H,14,19)(H,17,18). The minimum atomic E-state index is -1.09. The average molecular weight is 266 g/mol. The smallest absolute Gasteiger partial charge is 0.329 e. The Morgan fingerprint density at radius 3 is 3.05 bits per heavy atom. The summed E-state index contributed by atoms with van der Waals surface area (Å²) in [6.45, 7) is 2.53. The van der Waals surface area contributed by atoms with E-state index in [-0.39, 0.29) is 6.03 Å². The number of hydrogen-bond donors (Lipinski definition) is 3. The molecule has 1 aliphatic rings. The van der Waals surface area contributed by atoms with E-state index in [0.717, 1.165) is 12.1 Å². The molecule has 0 saturated carbocycles.